The van der Waals surface area contributed by atoms with Gasteiger partial charge in [0.2, 0.25) is 0 Å². The quantitative estimate of drug-likeness (QED) is 0.632. The van der Waals surface area contributed by atoms with Crippen LogP contribution in [0.5, 0.6) is 0 Å². The molecular formula is C22H21NSe. The number of rotatable bonds is 6. The van der Waals surface area contributed by atoms with Crippen LogP contribution in [0.25, 0.3) is 0 Å². The predicted octanol–water partition coefficient (Wildman–Crippen LogP) is 4.27. The molecule has 0 aromatic heterocycles. The van der Waals surface area contributed by atoms with E-state index in [2.05, 4.69) is 107 Å². The molecule has 2 heteroatoms. The summed E-state index contributed by atoms with van der Waals surface area (Å²) in [7, 11) is 0. The topological polar surface area (TPSA) is 12.0 Å². The number of nitrogens with one attached hydrogen (secondary N) is 1. The van der Waals surface area contributed by atoms with Crippen molar-refractivity contribution in [1.82, 2.24) is 5.32 Å². The van der Waals surface area contributed by atoms with Gasteiger partial charge >= 0.3 is 152 Å². The Bertz CT molecular complexity index is 796. The molecule has 0 aliphatic carbocycles. The maximum absolute atomic E-state index is 3.60. The third kappa shape index (κ3) is 4.23. The van der Waals surface area contributed by atoms with Crippen LogP contribution >= 0.6 is 0 Å². The zero-order valence-corrected chi connectivity index (χ0v) is 15.5. The second-order valence-electron chi connectivity index (χ2n) is 5.93. The van der Waals surface area contributed by atoms with Crippen molar-refractivity contribution in [2.75, 3.05) is 0 Å². The Labute approximate surface area is 152 Å². The first-order valence-corrected chi connectivity index (χ1v) is 9.07. The number of hydrogen-bond acceptors (Lipinski definition) is 1. The van der Waals surface area contributed by atoms with Gasteiger partial charge in [-0.2, -0.15) is 0 Å². The second-order valence-corrected chi connectivity index (χ2v) is 6.78. The summed E-state index contributed by atoms with van der Waals surface area (Å²) in [4.78, 5) is 0. The third-order valence-corrected chi connectivity index (χ3v) is 4.86. The van der Waals surface area contributed by atoms with E-state index < -0.39 is 0 Å². The summed E-state index contributed by atoms with van der Waals surface area (Å²) in [6.07, 6.45) is 0.934. The van der Waals surface area contributed by atoms with E-state index in [1.807, 2.05) is 6.07 Å². The molecule has 24 heavy (non-hydrogen) atoms. The average Bonchev–Trinajstić information content (AvgIpc) is 2.63. The van der Waals surface area contributed by atoms with Crippen LogP contribution in [0.2, 0.25) is 0 Å². The molecular weight excluding hydrogens is 357 g/mol. The Kier molecular flexibility index (Phi) is 5.63. The summed E-state index contributed by atoms with van der Waals surface area (Å²) in [5.41, 5.74) is 5.17. The van der Waals surface area contributed by atoms with Gasteiger partial charge in [0.15, 0.2) is 0 Å². The van der Waals surface area contributed by atoms with Crippen molar-refractivity contribution >= 4 is 20.1 Å². The molecule has 1 atom stereocenters. The van der Waals surface area contributed by atoms with Crippen molar-refractivity contribution in [2.45, 2.75) is 19.4 Å². The predicted molar refractivity (Wildman–Crippen MR) is 104 cm³/mol. The fourth-order valence-electron chi connectivity index (χ4n) is 2.81. The molecule has 1 N–H and O–H groups in total. The van der Waals surface area contributed by atoms with Crippen LogP contribution in [-0.2, 0) is 6.42 Å². The van der Waals surface area contributed by atoms with E-state index in [9.17, 15) is 0 Å². The molecule has 0 unspecified atom stereocenters. The average molecular weight is 378 g/mol. The zero-order valence-electron chi connectivity index (χ0n) is 13.8. The summed E-state index contributed by atoms with van der Waals surface area (Å²) in [6.45, 7) is 2.19. The minimum absolute atomic E-state index is 0.257. The molecule has 0 aliphatic rings. The SMILES string of the molecule is C[C@H](NC(=[Se])c1ccccc1Cc1ccccc1)c1ccccc1. The molecule has 3 aromatic carbocycles. The number of hydrogen-bond donors (Lipinski definition) is 1. The van der Waals surface area contributed by atoms with E-state index in [1.165, 1.54) is 22.3 Å². The van der Waals surface area contributed by atoms with Crippen LogP contribution in [0.15, 0.2) is 84.9 Å². The Hall–Kier alpha value is -2.15. The van der Waals surface area contributed by atoms with Crippen molar-refractivity contribution in [3.8, 4) is 0 Å². The van der Waals surface area contributed by atoms with Gasteiger partial charge in [0, 0.05) is 0 Å². The normalized spacial score (nSPS) is 11.7. The Balaban J connectivity index is 1.78. The molecule has 0 amide bonds. The molecule has 3 rings (SSSR count). The van der Waals surface area contributed by atoms with Crippen molar-refractivity contribution < 1.29 is 0 Å². The van der Waals surface area contributed by atoms with Crippen molar-refractivity contribution in [1.29, 1.82) is 0 Å². The monoisotopic (exact) mass is 379 g/mol. The Morgan fingerprint density at radius 1 is 0.833 bits per heavy atom. The molecule has 0 radical (unpaired) electrons. The fraction of sp³-hybridized carbons (Fsp3) is 0.136. The summed E-state index contributed by atoms with van der Waals surface area (Å²) < 4.78 is 1.10. The Morgan fingerprint density at radius 3 is 2.12 bits per heavy atom. The molecule has 3 aromatic rings. The number of benzene rings is 3. The standard InChI is InChI=1S/C22H21NSe/c1-17(19-12-6-3-7-13-19)23-22(24)21-15-9-8-14-20(21)16-18-10-4-2-5-11-18/h2-15,17H,16H2,1H3,(H,23,24)/t17-/m0/s1. The summed E-state index contributed by atoms with van der Waals surface area (Å²) in [5.74, 6) is 0. The van der Waals surface area contributed by atoms with Crippen molar-refractivity contribution in [3.63, 3.8) is 0 Å². The summed E-state index contributed by atoms with van der Waals surface area (Å²) in [6, 6.07) is 29.9. The van der Waals surface area contributed by atoms with Gasteiger partial charge in [-0.25, -0.2) is 0 Å². The van der Waals surface area contributed by atoms with E-state index in [0.717, 1.165) is 11.0 Å². The van der Waals surface area contributed by atoms with Gasteiger partial charge in [-0.3, -0.25) is 0 Å². The van der Waals surface area contributed by atoms with Crippen LogP contribution in [0, 0.1) is 0 Å². The maximum atomic E-state index is 3.60. The minimum atomic E-state index is 0.257. The van der Waals surface area contributed by atoms with Gasteiger partial charge in [-0.05, 0) is 0 Å². The van der Waals surface area contributed by atoms with Crippen LogP contribution in [0.3, 0.4) is 0 Å². The first-order chi connectivity index (χ1) is 11.7. The van der Waals surface area contributed by atoms with E-state index in [1.54, 1.807) is 0 Å². The van der Waals surface area contributed by atoms with Crippen LogP contribution in [-0.4, -0.2) is 20.1 Å². The molecule has 0 saturated carbocycles. The van der Waals surface area contributed by atoms with Crippen molar-refractivity contribution in [3.05, 3.63) is 107 Å². The fourth-order valence-corrected chi connectivity index (χ4v) is 3.60. The van der Waals surface area contributed by atoms with Gasteiger partial charge in [0.05, 0.1) is 0 Å². The van der Waals surface area contributed by atoms with Gasteiger partial charge in [0.1, 0.15) is 0 Å². The van der Waals surface area contributed by atoms with E-state index >= 15 is 0 Å². The zero-order chi connectivity index (χ0) is 16.8. The molecule has 1 nitrogen and oxygen atoms in total. The van der Waals surface area contributed by atoms with E-state index in [0.29, 0.717) is 0 Å². The Morgan fingerprint density at radius 2 is 1.42 bits per heavy atom. The van der Waals surface area contributed by atoms with Crippen LogP contribution in [0.4, 0.5) is 0 Å². The van der Waals surface area contributed by atoms with Gasteiger partial charge in [-0.1, -0.05) is 0 Å². The van der Waals surface area contributed by atoms with Crippen molar-refractivity contribution in [2.24, 2.45) is 0 Å². The first-order valence-electron chi connectivity index (χ1n) is 8.21. The summed E-state index contributed by atoms with van der Waals surface area (Å²) >= 11 is 3.23. The molecule has 0 heterocycles. The molecule has 0 saturated heterocycles. The second kappa shape index (κ2) is 8.10. The first kappa shape index (κ1) is 16.7. The molecule has 0 aliphatic heterocycles. The van der Waals surface area contributed by atoms with Gasteiger partial charge in [0.25, 0.3) is 0 Å². The van der Waals surface area contributed by atoms with Gasteiger partial charge < -0.3 is 0 Å². The molecule has 120 valence electrons. The molecule has 0 spiro atoms. The van der Waals surface area contributed by atoms with Crippen LogP contribution < -0.4 is 5.32 Å². The molecule has 0 fully saturated rings. The third-order valence-electron chi connectivity index (χ3n) is 4.15. The van der Waals surface area contributed by atoms with Crippen LogP contribution in [0.1, 0.15) is 35.2 Å². The van der Waals surface area contributed by atoms with E-state index in [4.69, 9.17) is 0 Å². The van der Waals surface area contributed by atoms with Gasteiger partial charge in [-0.15, -0.1) is 0 Å². The van der Waals surface area contributed by atoms with E-state index in [-0.39, 0.29) is 6.04 Å². The summed E-state index contributed by atoms with van der Waals surface area (Å²) in [5, 5.41) is 3.60. The molecule has 0 bridgehead atoms.